The Bertz CT molecular complexity index is 237. The van der Waals surface area contributed by atoms with Crippen LogP contribution in [0.1, 0.15) is 20.8 Å². The predicted octanol–water partition coefficient (Wildman–Crippen LogP) is 1.03. The lowest BCUT2D eigenvalue weighted by molar-refractivity contribution is 0.444. The zero-order chi connectivity index (χ0) is 10.5. The fraction of sp³-hybridized carbons (Fsp3) is 1.00. The van der Waals surface area contributed by atoms with Gasteiger partial charge in [-0.3, -0.25) is 0 Å². The van der Waals surface area contributed by atoms with Gasteiger partial charge in [0.25, 0.3) is 0 Å². The average molecular weight is 228 g/mol. The minimum Gasteiger partial charge on any atom is -0.310 e. The smallest absolute Gasteiger partial charge is 0.151 e. The van der Waals surface area contributed by atoms with Crippen LogP contribution in [0, 0.1) is 0 Å². The normalized spacial score (nSPS) is 13.2. The second-order valence-electron chi connectivity index (χ2n) is 3.68. The summed E-state index contributed by atoms with van der Waals surface area (Å²) in [4.78, 5) is 0. The van der Waals surface area contributed by atoms with Gasteiger partial charge in [-0.2, -0.15) is 0 Å². The Morgan fingerprint density at radius 2 is 1.92 bits per heavy atom. The molecule has 3 nitrogen and oxygen atoms in total. The third-order valence-corrected chi connectivity index (χ3v) is 4.16. The summed E-state index contributed by atoms with van der Waals surface area (Å²) >= 11 is 5.67. The Labute approximate surface area is 85.8 Å². The molecule has 0 atom stereocenters. The average Bonchev–Trinajstić information content (AvgIpc) is 2.04. The molecule has 0 saturated heterocycles. The fourth-order valence-electron chi connectivity index (χ4n) is 0.737. The summed E-state index contributed by atoms with van der Waals surface area (Å²) in [6, 6.07) is 0. The van der Waals surface area contributed by atoms with Gasteiger partial charge in [0.2, 0.25) is 0 Å². The molecule has 5 heteroatoms. The van der Waals surface area contributed by atoms with Crippen LogP contribution in [0.15, 0.2) is 0 Å². The van der Waals surface area contributed by atoms with E-state index >= 15 is 0 Å². The second-order valence-corrected chi connectivity index (χ2v) is 6.42. The molecule has 0 aliphatic carbocycles. The molecule has 13 heavy (non-hydrogen) atoms. The van der Waals surface area contributed by atoms with E-state index in [0.717, 1.165) is 0 Å². The fourth-order valence-corrected chi connectivity index (χ4v) is 1.53. The van der Waals surface area contributed by atoms with Crippen molar-refractivity contribution >= 4 is 21.4 Å². The number of rotatable bonds is 6. The third-order valence-electron chi connectivity index (χ3n) is 1.79. The van der Waals surface area contributed by atoms with Crippen LogP contribution in [0.3, 0.4) is 0 Å². The van der Waals surface area contributed by atoms with Crippen molar-refractivity contribution in [1.29, 1.82) is 0 Å². The van der Waals surface area contributed by atoms with Gasteiger partial charge < -0.3 is 5.32 Å². The highest BCUT2D eigenvalue weighted by Crippen LogP contribution is 2.03. The number of sulfone groups is 1. The number of hydrogen-bond acceptors (Lipinski definition) is 3. The molecule has 0 saturated carbocycles. The molecular weight excluding hydrogens is 210 g/mol. The first-order chi connectivity index (χ1) is 5.83. The lowest BCUT2D eigenvalue weighted by atomic mass is 10.1. The van der Waals surface area contributed by atoms with Crippen molar-refractivity contribution in [2.45, 2.75) is 26.3 Å². The monoisotopic (exact) mass is 227 g/mol. The summed E-state index contributed by atoms with van der Waals surface area (Å²) in [5.74, 6) is 0.860. The Hall–Kier alpha value is 0.200. The Morgan fingerprint density at radius 3 is 2.31 bits per heavy atom. The maximum absolute atomic E-state index is 11.1. The topological polar surface area (TPSA) is 46.2 Å². The molecule has 0 aliphatic rings. The van der Waals surface area contributed by atoms with Crippen LogP contribution < -0.4 is 5.32 Å². The van der Waals surface area contributed by atoms with Gasteiger partial charge in [0.15, 0.2) is 9.84 Å². The van der Waals surface area contributed by atoms with Crippen LogP contribution in [0.5, 0.6) is 0 Å². The second kappa shape index (κ2) is 5.17. The molecule has 0 heterocycles. The summed E-state index contributed by atoms with van der Waals surface area (Å²) in [6.07, 6.45) is 0. The van der Waals surface area contributed by atoms with Gasteiger partial charge in [-0.05, 0) is 13.8 Å². The van der Waals surface area contributed by atoms with Crippen LogP contribution >= 0.6 is 11.6 Å². The van der Waals surface area contributed by atoms with E-state index in [9.17, 15) is 8.42 Å². The highest BCUT2D eigenvalue weighted by atomic mass is 35.5. The first-order valence-electron chi connectivity index (χ1n) is 4.34. The number of nitrogens with one attached hydrogen (secondary N) is 1. The van der Waals surface area contributed by atoms with Gasteiger partial charge in [-0.25, -0.2) is 8.42 Å². The van der Waals surface area contributed by atoms with E-state index in [-0.39, 0.29) is 17.0 Å². The van der Waals surface area contributed by atoms with Gasteiger partial charge >= 0.3 is 0 Å². The summed E-state index contributed by atoms with van der Waals surface area (Å²) in [7, 11) is -2.86. The van der Waals surface area contributed by atoms with Crippen molar-refractivity contribution < 1.29 is 8.42 Å². The number of halogens is 1. The molecule has 0 radical (unpaired) electrons. The first kappa shape index (κ1) is 13.2. The SMILES string of the molecule is CCS(=O)(=O)CCNC(C)(C)CCl. The summed E-state index contributed by atoms with van der Waals surface area (Å²) in [5.41, 5.74) is -0.190. The first-order valence-corrected chi connectivity index (χ1v) is 6.70. The van der Waals surface area contributed by atoms with Crippen molar-refractivity contribution in [3.05, 3.63) is 0 Å². The van der Waals surface area contributed by atoms with Crippen molar-refractivity contribution in [3.63, 3.8) is 0 Å². The summed E-state index contributed by atoms with van der Waals surface area (Å²) < 4.78 is 22.2. The molecule has 0 rings (SSSR count). The number of alkyl halides is 1. The van der Waals surface area contributed by atoms with Crippen molar-refractivity contribution in [2.75, 3.05) is 23.9 Å². The van der Waals surface area contributed by atoms with E-state index in [1.54, 1.807) is 6.92 Å². The lowest BCUT2D eigenvalue weighted by Crippen LogP contribution is -2.43. The molecule has 80 valence electrons. The summed E-state index contributed by atoms with van der Waals surface area (Å²) in [6.45, 7) is 6.01. The lowest BCUT2D eigenvalue weighted by Gasteiger charge is -2.23. The molecule has 0 spiro atoms. The molecule has 0 aliphatic heterocycles. The van der Waals surface area contributed by atoms with Gasteiger partial charge in [-0.1, -0.05) is 6.92 Å². The zero-order valence-electron chi connectivity index (χ0n) is 8.43. The molecule has 1 N–H and O–H groups in total. The van der Waals surface area contributed by atoms with Crippen LogP contribution in [-0.4, -0.2) is 37.9 Å². The molecule has 0 bridgehead atoms. The van der Waals surface area contributed by atoms with Crippen molar-refractivity contribution in [3.8, 4) is 0 Å². The molecular formula is C8H18ClNO2S. The minimum atomic E-state index is -2.86. The van der Waals surface area contributed by atoms with Crippen LogP contribution in [-0.2, 0) is 9.84 Å². The summed E-state index contributed by atoms with van der Waals surface area (Å²) in [5, 5.41) is 3.09. The van der Waals surface area contributed by atoms with Gasteiger partial charge in [0.1, 0.15) is 0 Å². The predicted molar refractivity (Wildman–Crippen MR) is 57.1 cm³/mol. The highest BCUT2D eigenvalue weighted by Gasteiger charge is 2.16. The molecule has 0 unspecified atom stereocenters. The van der Waals surface area contributed by atoms with Crippen molar-refractivity contribution in [2.24, 2.45) is 0 Å². The van der Waals surface area contributed by atoms with E-state index in [4.69, 9.17) is 11.6 Å². The van der Waals surface area contributed by atoms with E-state index in [1.165, 1.54) is 0 Å². The molecule has 0 aromatic rings. The number of hydrogen-bond donors (Lipinski definition) is 1. The van der Waals surface area contributed by atoms with E-state index < -0.39 is 9.84 Å². The Morgan fingerprint density at radius 1 is 1.38 bits per heavy atom. The molecule has 0 aromatic carbocycles. The van der Waals surface area contributed by atoms with E-state index in [1.807, 2.05) is 13.8 Å². The van der Waals surface area contributed by atoms with E-state index in [2.05, 4.69) is 5.32 Å². The molecule has 0 amide bonds. The van der Waals surface area contributed by atoms with Gasteiger partial charge in [-0.15, -0.1) is 11.6 Å². The van der Waals surface area contributed by atoms with Gasteiger partial charge in [0, 0.05) is 23.7 Å². The third kappa shape index (κ3) is 6.29. The Kier molecular flexibility index (Phi) is 5.25. The quantitative estimate of drug-likeness (QED) is 0.690. The molecule has 0 aromatic heterocycles. The standard InChI is InChI=1S/C8H18ClNO2S/c1-4-13(11,12)6-5-10-8(2,3)7-9/h10H,4-7H2,1-3H3. The zero-order valence-corrected chi connectivity index (χ0v) is 10.0. The van der Waals surface area contributed by atoms with E-state index in [0.29, 0.717) is 12.4 Å². The minimum absolute atomic E-state index is 0.184. The maximum Gasteiger partial charge on any atom is 0.151 e. The van der Waals surface area contributed by atoms with Gasteiger partial charge in [0.05, 0.1) is 5.75 Å². The maximum atomic E-state index is 11.1. The van der Waals surface area contributed by atoms with Crippen LogP contribution in [0.2, 0.25) is 0 Å². The molecule has 0 fully saturated rings. The highest BCUT2D eigenvalue weighted by molar-refractivity contribution is 7.91. The Balaban J connectivity index is 3.81. The van der Waals surface area contributed by atoms with Crippen molar-refractivity contribution in [1.82, 2.24) is 5.32 Å². The van der Waals surface area contributed by atoms with Crippen LogP contribution in [0.25, 0.3) is 0 Å². The van der Waals surface area contributed by atoms with Crippen LogP contribution in [0.4, 0.5) is 0 Å². The largest absolute Gasteiger partial charge is 0.310 e.